The summed E-state index contributed by atoms with van der Waals surface area (Å²) in [4.78, 5) is 58.0. The smallest absolute Gasteiger partial charge is 0.417 e. The number of nitriles is 1. The van der Waals surface area contributed by atoms with Gasteiger partial charge in [0.05, 0.1) is 57.5 Å². The Balaban J connectivity index is 0.781. The van der Waals surface area contributed by atoms with Crippen LogP contribution in [0.15, 0.2) is 103 Å². The molecule has 0 saturated carbocycles. The molecule has 3 fully saturated rings. The van der Waals surface area contributed by atoms with Crippen LogP contribution in [-0.4, -0.2) is 96.0 Å². The standard InChI is InChI=1S/C53H53F3N10O5S2/c1-31(2)46(49(69)63-28-40(67)23-44(63)48(68)59-25-33-6-8-35(9-7-33)47-32(3)60-30-73-47)64-29-42(27-61-64)71-41-18-20-62(21-19-41)45-17-13-37(26-58-45)34-10-14-38(15-11-34)66-51(72)65(50(70)52(66,4)5)39-16-12-36(24-57)43(22-39)53(54,55)56/h6-17,22,26-27,29-31,40-41,44,46,67H,18-21,23,25,28H2,1-5H3,(H,59,68)/t40-,44+,46?/m1/s1. The fraction of sp³-hybridized carbons (Fsp3) is 0.358. The number of piperidine rings is 1. The molecule has 0 spiro atoms. The largest absolute Gasteiger partial charge is 0.487 e. The Bertz CT molecular complexity index is 3070. The second kappa shape index (κ2) is 20.4. The van der Waals surface area contributed by atoms with Gasteiger partial charge in [-0.15, -0.1) is 11.3 Å². The number of alkyl halides is 3. The number of carbonyl (C=O) groups excluding carboxylic acids is 3. The molecule has 378 valence electrons. The minimum Gasteiger partial charge on any atom is -0.487 e. The molecule has 3 aliphatic rings. The van der Waals surface area contributed by atoms with Gasteiger partial charge in [0, 0.05) is 62.9 Å². The molecule has 2 N–H and O–H groups in total. The molecule has 0 aliphatic carbocycles. The number of amides is 3. The van der Waals surface area contributed by atoms with E-state index < -0.39 is 46.9 Å². The van der Waals surface area contributed by atoms with Gasteiger partial charge in [-0.05, 0) is 98.1 Å². The number of hydrogen-bond acceptors (Lipinski definition) is 12. The van der Waals surface area contributed by atoms with Crippen LogP contribution in [0.25, 0.3) is 21.6 Å². The van der Waals surface area contributed by atoms with E-state index in [1.165, 1.54) is 11.0 Å². The highest BCUT2D eigenvalue weighted by Gasteiger charge is 2.51. The second-order valence-corrected chi connectivity index (χ2v) is 20.6. The van der Waals surface area contributed by atoms with E-state index in [1.807, 2.05) is 74.8 Å². The number of β-amino-alcohol motifs (C(OH)–C–C–N with tert-alkyl or cyclic N) is 1. The van der Waals surface area contributed by atoms with E-state index in [1.54, 1.807) is 71.6 Å². The van der Waals surface area contributed by atoms with Gasteiger partial charge in [0.1, 0.15) is 29.5 Å². The van der Waals surface area contributed by atoms with Gasteiger partial charge in [-0.25, -0.2) is 9.97 Å². The third-order valence-electron chi connectivity index (χ3n) is 13.7. The molecule has 73 heavy (non-hydrogen) atoms. The summed E-state index contributed by atoms with van der Waals surface area (Å²) in [7, 11) is 0. The molecule has 15 nitrogen and oxygen atoms in total. The fourth-order valence-electron chi connectivity index (χ4n) is 9.77. The normalized spacial score (nSPS) is 18.6. The molecule has 0 bridgehead atoms. The van der Waals surface area contributed by atoms with Crippen molar-refractivity contribution in [1.29, 1.82) is 5.26 Å². The summed E-state index contributed by atoms with van der Waals surface area (Å²) in [6, 6.07) is 22.3. The number of anilines is 3. The van der Waals surface area contributed by atoms with Gasteiger partial charge >= 0.3 is 6.18 Å². The van der Waals surface area contributed by atoms with E-state index >= 15 is 0 Å². The molecule has 3 aromatic carbocycles. The summed E-state index contributed by atoms with van der Waals surface area (Å²) < 4.78 is 49.4. The van der Waals surface area contributed by atoms with Crippen LogP contribution < -0.4 is 24.8 Å². The number of thiazole rings is 1. The van der Waals surface area contributed by atoms with Gasteiger partial charge in [-0.2, -0.15) is 23.5 Å². The van der Waals surface area contributed by atoms with Crippen LogP contribution in [0.5, 0.6) is 5.75 Å². The molecule has 3 amide bonds. The van der Waals surface area contributed by atoms with Crippen LogP contribution in [0.3, 0.4) is 0 Å². The van der Waals surface area contributed by atoms with Crippen molar-refractivity contribution < 1.29 is 37.4 Å². The Morgan fingerprint density at radius 1 is 0.973 bits per heavy atom. The van der Waals surface area contributed by atoms with E-state index in [0.717, 1.165) is 55.7 Å². The molecular weight excluding hydrogens is 978 g/mol. The molecule has 1 unspecified atom stereocenters. The molecular formula is C53H53F3N10O5S2. The van der Waals surface area contributed by atoms with Crippen molar-refractivity contribution in [2.24, 2.45) is 5.92 Å². The maximum Gasteiger partial charge on any atom is 0.417 e. The van der Waals surface area contributed by atoms with Gasteiger partial charge in [0.2, 0.25) is 11.8 Å². The number of halogens is 3. The number of aromatic nitrogens is 4. The van der Waals surface area contributed by atoms with Crippen LogP contribution in [0.4, 0.5) is 30.4 Å². The fourth-order valence-corrected chi connectivity index (χ4v) is 11.1. The van der Waals surface area contributed by atoms with Gasteiger partial charge in [0.15, 0.2) is 10.9 Å². The monoisotopic (exact) mass is 1030 g/mol. The molecule has 6 aromatic rings. The van der Waals surface area contributed by atoms with Crippen molar-refractivity contribution in [1.82, 2.24) is 30.0 Å². The SMILES string of the molecule is Cc1ncsc1-c1ccc(CNC(=O)[C@@H]2C[C@@H](O)CN2C(=O)C(C(C)C)n2cc(OC3CCN(c4ccc(-c5ccc(N6C(=S)N(c7ccc(C#N)c(C(F)(F)F)c7)C(=O)C6(C)C)cc5)cn4)CC3)cn2)cc1. The first-order chi connectivity index (χ1) is 34.8. The summed E-state index contributed by atoms with van der Waals surface area (Å²) in [5.74, 6) is 0.0155. The van der Waals surface area contributed by atoms with Crippen LogP contribution in [0.2, 0.25) is 0 Å². The first-order valence-electron chi connectivity index (χ1n) is 23.9. The third kappa shape index (κ3) is 10.3. The van der Waals surface area contributed by atoms with Crippen LogP contribution in [0, 0.1) is 24.2 Å². The zero-order chi connectivity index (χ0) is 51.9. The number of thiocarbonyl (C=S) groups is 1. The van der Waals surface area contributed by atoms with E-state index in [4.69, 9.17) is 21.9 Å². The van der Waals surface area contributed by atoms with E-state index in [9.17, 15) is 37.9 Å². The number of aryl methyl sites for hydroxylation is 1. The maximum atomic E-state index is 14.2. The average Bonchev–Trinajstić information content (AvgIpc) is 4.16. The number of aliphatic hydroxyl groups is 1. The number of carbonyl (C=O) groups is 3. The molecule has 6 heterocycles. The van der Waals surface area contributed by atoms with Crippen molar-refractivity contribution in [3.63, 3.8) is 0 Å². The molecule has 3 atom stereocenters. The number of rotatable bonds is 13. The number of hydrogen-bond donors (Lipinski definition) is 2. The minimum atomic E-state index is -4.80. The second-order valence-electron chi connectivity index (χ2n) is 19.3. The van der Waals surface area contributed by atoms with Gasteiger partial charge in [-0.1, -0.05) is 50.2 Å². The first-order valence-corrected chi connectivity index (χ1v) is 25.2. The Kier molecular flexibility index (Phi) is 14.1. The topological polar surface area (TPSA) is 173 Å². The van der Waals surface area contributed by atoms with Crippen molar-refractivity contribution in [2.45, 2.75) is 96.4 Å². The lowest BCUT2D eigenvalue weighted by Gasteiger charge is -2.32. The summed E-state index contributed by atoms with van der Waals surface area (Å²) in [5, 5.41) is 27.5. The molecule has 3 aliphatic heterocycles. The number of ether oxygens (including phenoxy) is 1. The quantitative estimate of drug-likeness (QED) is 0.106. The highest BCUT2D eigenvalue weighted by Crippen LogP contribution is 2.40. The van der Waals surface area contributed by atoms with E-state index in [2.05, 4.69) is 20.3 Å². The highest BCUT2D eigenvalue weighted by molar-refractivity contribution is 7.81. The molecule has 20 heteroatoms. The minimum absolute atomic E-state index is 0.0112. The Morgan fingerprint density at radius 3 is 2.29 bits per heavy atom. The lowest BCUT2D eigenvalue weighted by Crippen LogP contribution is -2.49. The first kappa shape index (κ1) is 50.7. The number of pyridine rings is 1. The summed E-state index contributed by atoms with van der Waals surface area (Å²) in [5.41, 5.74) is 4.02. The molecule has 0 radical (unpaired) electrons. The van der Waals surface area contributed by atoms with E-state index in [-0.39, 0.29) is 54.1 Å². The third-order valence-corrected chi connectivity index (χ3v) is 15.0. The Labute approximate surface area is 429 Å². The number of nitrogens with zero attached hydrogens (tertiary/aromatic N) is 9. The van der Waals surface area contributed by atoms with Crippen molar-refractivity contribution >= 4 is 63.6 Å². The summed E-state index contributed by atoms with van der Waals surface area (Å²) in [6.45, 7) is 10.8. The number of nitrogens with one attached hydrogen (secondary N) is 1. The van der Waals surface area contributed by atoms with Crippen LogP contribution in [-0.2, 0) is 27.1 Å². The lowest BCUT2D eigenvalue weighted by molar-refractivity contribution is -0.142. The van der Waals surface area contributed by atoms with Gasteiger partial charge < -0.3 is 29.9 Å². The number of aliphatic hydroxyl groups excluding tert-OH is 1. The highest BCUT2D eigenvalue weighted by atomic mass is 32.1. The number of benzene rings is 3. The number of likely N-dealkylation sites (tertiary alicyclic amines) is 1. The lowest BCUT2D eigenvalue weighted by atomic mass is 10.0. The average molecular weight is 1030 g/mol. The van der Waals surface area contributed by atoms with E-state index in [0.29, 0.717) is 37.4 Å². The van der Waals surface area contributed by atoms with Crippen LogP contribution >= 0.6 is 23.6 Å². The molecule has 9 rings (SSSR count). The van der Waals surface area contributed by atoms with Gasteiger partial charge in [-0.3, -0.25) is 24.0 Å². The van der Waals surface area contributed by atoms with Crippen molar-refractivity contribution in [3.8, 4) is 33.4 Å². The predicted molar refractivity (Wildman–Crippen MR) is 275 cm³/mol. The Hall–Kier alpha value is -7.21. The summed E-state index contributed by atoms with van der Waals surface area (Å²) in [6.07, 6.45) is 0.937. The zero-order valence-corrected chi connectivity index (χ0v) is 42.3. The maximum absolute atomic E-state index is 14.2. The van der Waals surface area contributed by atoms with Crippen molar-refractivity contribution in [2.75, 3.05) is 34.3 Å². The molecule has 3 aromatic heterocycles. The van der Waals surface area contributed by atoms with Crippen LogP contribution in [0.1, 0.15) is 75.4 Å². The Morgan fingerprint density at radius 2 is 1.66 bits per heavy atom. The van der Waals surface area contributed by atoms with Gasteiger partial charge in [0.25, 0.3) is 5.91 Å². The summed E-state index contributed by atoms with van der Waals surface area (Å²) >= 11 is 7.28. The molecule has 3 saturated heterocycles. The zero-order valence-electron chi connectivity index (χ0n) is 40.7. The predicted octanol–water partition coefficient (Wildman–Crippen LogP) is 8.71. The van der Waals surface area contributed by atoms with Crippen molar-refractivity contribution in [3.05, 3.63) is 125 Å².